The van der Waals surface area contributed by atoms with Gasteiger partial charge in [-0.05, 0) is 67.2 Å². The number of carbonyl (C=O) groups excluding carboxylic acids is 2. The Balaban J connectivity index is 1.29. The van der Waals surface area contributed by atoms with Gasteiger partial charge in [-0.1, -0.05) is 18.2 Å². The van der Waals surface area contributed by atoms with Crippen LogP contribution < -0.4 is 15.5 Å². The first-order valence-corrected chi connectivity index (χ1v) is 10.8. The second-order valence-electron chi connectivity index (χ2n) is 7.53. The molecule has 164 valence electrons. The first kappa shape index (κ1) is 21.6. The number of hydrogen-bond acceptors (Lipinski definition) is 5. The zero-order valence-corrected chi connectivity index (χ0v) is 18.5. The third-order valence-electron chi connectivity index (χ3n) is 5.41. The molecular weight excluding hydrogens is 424 g/mol. The zero-order valence-electron chi connectivity index (χ0n) is 17.7. The van der Waals surface area contributed by atoms with Crippen LogP contribution in [0.3, 0.4) is 0 Å². The summed E-state index contributed by atoms with van der Waals surface area (Å²) in [5.41, 5.74) is 3.34. The van der Waals surface area contributed by atoms with E-state index in [0.717, 1.165) is 30.0 Å². The molecule has 7 nitrogen and oxygen atoms in total. The second kappa shape index (κ2) is 9.65. The third kappa shape index (κ3) is 4.97. The van der Waals surface area contributed by atoms with Gasteiger partial charge in [0, 0.05) is 43.1 Å². The van der Waals surface area contributed by atoms with Gasteiger partial charge >= 0.3 is 0 Å². The van der Waals surface area contributed by atoms with Gasteiger partial charge in [0.15, 0.2) is 10.9 Å². The minimum Gasteiger partial charge on any atom is -0.459 e. The van der Waals surface area contributed by atoms with Gasteiger partial charge in [-0.25, -0.2) is 0 Å². The summed E-state index contributed by atoms with van der Waals surface area (Å²) in [7, 11) is 0. The van der Waals surface area contributed by atoms with Gasteiger partial charge in [-0.3, -0.25) is 14.9 Å². The summed E-state index contributed by atoms with van der Waals surface area (Å²) in [6.45, 7) is 4.63. The number of piperazine rings is 1. The molecule has 0 aliphatic carbocycles. The lowest BCUT2D eigenvalue weighted by Crippen LogP contribution is -2.48. The number of hydrogen-bond donors (Lipinski definition) is 2. The summed E-state index contributed by atoms with van der Waals surface area (Å²) in [5.74, 6) is 0.0639. The molecule has 1 fully saturated rings. The van der Waals surface area contributed by atoms with Crippen LogP contribution in [0.1, 0.15) is 26.5 Å². The van der Waals surface area contributed by atoms with Crippen molar-refractivity contribution in [3.05, 3.63) is 83.8 Å². The number of aryl methyl sites for hydroxylation is 1. The van der Waals surface area contributed by atoms with Crippen molar-refractivity contribution >= 4 is 40.5 Å². The molecule has 1 aromatic heterocycles. The van der Waals surface area contributed by atoms with Crippen molar-refractivity contribution in [3.8, 4) is 0 Å². The Hall–Kier alpha value is -3.65. The fraction of sp³-hybridized carbons (Fsp3) is 0.208. The predicted molar refractivity (Wildman–Crippen MR) is 128 cm³/mol. The third-order valence-corrected chi connectivity index (χ3v) is 5.61. The maximum Gasteiger partial charge on any atom is 0.289 e. The number of carbonyl (C=O) groups is 2. The standard InChI is InChI=1S/C24H24N4O3S/c1-17-5-2-3-6-20(17)22(29)26-24(32)25-18-8-10-19(11-9-18)27-12-14-28(15-13-27)23(30)21-7-4-16-31-21/h2-11,16H,12-15H2,1H3,(H2,25,26,29,32). The molecule has 2 amide bonds. The van der Waals surface area contributed by atoms with Gasteiger partial charge in [-0.15, -0.1) is 0 Å². The number of benzene rings is 2. The highest BCUT2D eigenvalue weighted by molar-refractivity contribution is 7.80. The van der Waals surface area contributed by atoms with Crippen LogP contribution in [0.4, 0.5) is 11.4 Å². The van der Waals surface area contributed by atoms with Crippen LogP contribution in [-0.2, 0) is 0 Å². The van der Waals surface area contributed by atoms with E-state index >= 15 is 0 Å². The molecule has 0 atom stereocenters. The lowest BCUT2D eigenvalue weighted by molar-refractivity contribution is 0.0714. The Morgan fingerprint density at radius 3 is 2.31 bits per heavy atom. The molecule has 0 unspecified atom stereocenters. The molecule has 1 saturated heterocycles. The van der Waals surface area contributed by atoms with Gasteiger partial charge in [0.25, 0.3) is 11.8 Å². The van der Waals surface area contributed by atoms with Crippen molar-refractivity contribution in [3.63, 3.8) is 0 Å². The summed E-state index contributed by atoms with van der Waals surface area (Å²) in [6, 6.07) is 18.6. The molecule has 2 aromatic carbocycles. The summed E-state index contributed by atoms with van der Waals surface area (Å²) >= 11 is 5.29. The van der Waals surface area contributed by atoms with E-state index in [1.807, 2.05) is 49.4 Å². The average Bonchev–Trinajstić information content (AvgIpc) is 3.34. The minimum atomic E-state index is -0.237. The summed E-state index contributed by atoms with van der Waals surface area (Å²) in [5, 5.41) is 6.01. The first-order valence-electron chi connectivity index (χ1n) is 10.4. The summed E-state index contributed by atoms with van der Waals surface area (Å²) in [6.07, 6.45) is 1.51. The van der Waals surface area contributed by atoms with Crippen molar-refractivity contribution in [1.82, 2.24) is 10.2 Å². The van der Waals surface area contributed by atoms with Crippen molar-refractivity contribution < 1.29 is 14.0 Å². The molecule has 1 aliphatic rings. The minimum absolute atomic E-state index is 0.0737. The largest absolute Gasteiger partial charge is 0.459 e. The molecule has 2 N–H and O–H groups in total. The Morgan fingerprint density at radius 1 is 0.938 bits per heavy atom. The maximum atomic E-state index is 12.4. The summed E-state index contributed by atoms with van der Waals surface area (Å²) in [4.78, 5) is 28.8. The van der Waals surface area contributed by atoms with Gasteiger partial charge in [0.05, 0.1) is 6.26 Å². The lowest BCUT2D eigenvalue weighted by atomic mass is 10.1. The molecule has 0 spiro atoms. The number of furan rings is 1. The quantitative estimate of drug-likeness (QED) is 0.593. The highest BCUT2D eigenvalue weighted by Gasteiger charge is 2.23. The topological polar surface area (TPSA) is 77.8 Å². The summed E-state index contributed by atoms with van der Waals surface area (Å²) < 4.78 is 5.21. The second-order valence-corrected chi connectivity index (χ2v) is 7.93. The molecule has 2 heterocycles. The van der Waals surface area contributed by atoms with E-state index in [2.05, 4.69) is 15.5 Å². The predicted octanol–water partition coefficient (Wildman–Crippen LogP) is 3.68. The zero-order chi connectivity index (χ0) is 22.5. The van der Waals surface area contributed by atoms with Gasteiger partial charge < -0.3 is 19.5 Å². The highest BCUT2D eigenvalue weighted by atomic mass is 32.1. The van der Waals surface area contributed by atoms with E-state index in [4.69, 9.17) is 16.6 Å². The van der Waals surface area contributed by atoms with E-state index in [1.165, 1.54) is 6.26 Å². The molecule has 3 aromatic rings. The van der Waals surface area contributed by atoms with Gasteiger partial charge in [0.1, 0.15) is 0 Å². The molecule has 32 heavy (non-hydrogen) atoms. The molecule has 0 radical (unpaired) electrons. The molecular formula is C24H24N4O3S. The van der Waals surface area contributed by atoms with E-state index in [0.29, 0.717) is 24.4 Å². The van der Waals surface area contributed by atoms with Crippen LogP contribution in [0.25, 0.3) is 0 Å². The van der Waals surface area contributed by atoms with E-state index in [-0.39, 0.29) is 16.9 Å². The SMILES string of the molecule is Cc1ccccc1C(=O)NC(=S)Nc1ccc(N2CCN(C(=O)c3ccco3)CC2)cc1. The van der Waals surface area contributed by atoms with E-state index < -0.39 is 0 Å². The van der Waals surface area contributed by atoms with E-state index in [9.17, 15) is 9.59 Å². The van der Waals surface area contributed by atoms with Gasteiger partial charge in [-0.2, -0.15) is 0 Å². The number of amides is 2. The normalized spacial score (nSPS) is 13.5. The molecule has 0 saturated carbocycles. The van der Waals surface area contributed by atoms with Crippen LogP contribution in [0.5, 0.6) is 0 Å². The van der Waals surface area contributed by atoms with Crippen molar-refractivity contribution in [1.29, 1.82) is 0 Å². The lowest BCUT2D eigenvalue weighted by Gasteiger charge is -2.35. The van der Waals surface area contributed by atoms with Crippen LogP contribution in [0, 0.1) is 6.92 Å². The number of anilines is 2. The number of thiocarbonyl (C=S) groups is 1. The Bertz CT molecular complexity index is 1100. The molecule has 4 rings (SSSR count). The Kier molecular flexibility index (Phi) is 6.51. The van der Waals surface area contributed by atoms with Crippen molar-refractivity contribution in [2.75, 3.05) is 36.4 Å². The fourth-order valence-electron chi connectivity index (χ4n) is 3.64. The van der Waals surface area contributed by atoms with Crippen molar-refractivity contribution in [2.45, 2.75) is 6.92 Å². The first-order chi connectivity index (χ1) is 15.5. The van der Waals surface area contributed by atoms with Crippen LogP contribution >= 0.6 is 12.2 Å². The van der Waals surface area contributed by atoms with Crippen LogP contribution in [-0.4, -0.2) is 48.0 Å². The fourth-order valence-corrected chi connectivity index (χ4v) is 3.85. The Morgan fingerprint density at radius 2 is 1.66 bits per heavy atom. The highest BCUT2D eigenvalue weighted by Crippen LogP contribution is 2.20. The van der Waals surface area contributed by atoms with Crippen LogP contribution in [0.2, 0.25) is 0 Å². The molecule has 8 heteroatoms. The maximum absolute atomic E-state index is 12.4. The van der Waals surface area contributed by atoms with Crippen molar-refractivity contribution in [2.24, 2.45) is 0 Å². The van der Waals surface area contributed by atoms with E-state index in [1.54, 1.807) is 23.1 Å². The number of nitrogens with zero attached hydrogens (tertiary/aromatic N) is 2. The van der Waals surface area contributed by atoms with Gasteiger partial charge in [0.2, 0.25) is 0 Å². The molecule has 0 bridgehead atoms. The van der Waals surface area contributed by atoms with Crippen LogP contribution in [0.15, 0.2) is 71.3 Å². The molecule has 1 aliphatic heterocycles. The number of nitrogens with one attached hydrogen (secondary N) is 2. The monoisotopic (exact) mass is 448 g/mol. The average molecular weight is 449 g/mol. The number of rotatable bonds is 4. The Labute approximate surface area is 192 Å². The smallest absolute Gasteiger partial charge is 0.289 e.